The zero-order valence-electron chi connectivity index (χ0n) is 16.6. The van der Waals surface area contributed by atoms with Gasteiger partial charge in [0.25, 0.3) is 0 Å². The Morgan fingerprint density at radius 2 is 1.63 bits per heavy atom. The number of carbonyl (C=O) groups is 1. The van der Waals surface area contributed by atoms with E-state index in [0.717, 1.165) is 37.2 Å². The second-order valence-electron chi connectivity index (χ2n) is 7.57. The third kappa shape index (κ3) is 5.33. The van der Waals surface area contributed by atoms with Gasteiger partial charge in [-0.25, -0.2) is 0 Å². The van der Waals surface area contributed by atoms with Gasteiger partial charge in [-0.2, -0.15) is 0 Å². The Morgan fingerprint density at radius 3 is 2.22 bits per heavy atom. The van der Waals surface area contributed by atoms with Crippen LogP contribution in [0, 0.1) is 6.92 Å². The third-order valence-electron chi connectivity index (χ3n) is 5.44. The quantitative estimate of drug-likeness (QED) is 0.783. The van der Waals surface area contributed by atoms with Crippen LogP contribution >= 0.6 is 0 Å². The molecule has 3 rings (SSSR count). The number of hydrogen-bond donors (Lipinski definition) is 0. The van der Waals surface area contributed by atoms with Crippen molar-refractivity contribution in [2.24, 2.45) is 0 Å². The molecule has 0 atom stereocenters. The number of likely N-dealkylation sites (tertiary alicyclic amines) is 1. The predicted molar refractivity (Wildman–Crippen MR) is 109 cm³/mol. The van der Waals surface area contributed by atoms with Crippen LogP contribution in [0.5, 0.6) is 5.75 Å². The summed E-state index contributed by atoms with van der Waals surface area (Å²) >= 11 is 0. The molecule has 1 heterocycles. The third-order valence-corrected chi connectivity index (χ3v) is 5.44. The number of amides is 1. The number of carbonyl (C=O) groups excluding carboxylic acids is 1. The number of aryl methyl sites for hydroxylation is 1. The molecular formula is C23H30N2O2. The first kappa shape index (κ1) is 19.4. The summed E-state index contributed by atoms with van der Waals surface area (Å²) < 4.78 is 5.22. The number of piperidine rings is 1. The standard InChI is InChI=1S/C23H30N2O2/c1-18-4-6-20(7-5-18)17-25(21-12-14-24(2)15-13-21)23(26)16-19-8-10-22(27-3)11-9-19/h4-11,21H,12-17H2,1-3H3/i3-1. The lowest BCUT2D eigenvalue weighted by Gasteiger charge is -2.37. The van der Waals surface area contributed by atoms with Gasteiger partial charge in [0, 0.05) is 12.6 Å². The molecule has 27 heavy (non-hydrogen) atoms. The summed E-state index contributed by atoms with van der Waals surface area (Å²) in [5, 5.41) is 0. The number of ether oxygens (including phenoxy) is 1. The zero-order chi connectivity index (χ0) is 19.2. The second kappa shape index (κ2) is 9.05. The van der Waals surface area contributed by atoms with Crippen molar-refractivity contribution in [3.05, 3.63) is 65.2 Å². The van der Waals surface area contributed by atoms with Gasteiger partial charge in [-0.1, -0.05) is 42.0 Å². The van der Waals surface area contributed by atoms with Gasteiger partial charge in [-0.3, -0.25) is 4.79 Å². The summed E-state index contributed by atoms with van der Waals surface area (Å²) in [4.78, 5) is 17.6. The minimum absolute atomic E-state index is 0.204. The van der Waals surface area contributed by atoms with Crippen LogP contribution in [0.1, 0.15) is 29.5 Å². The Morgan fingerprint density at radius 1 is 1.04 bits per heavy atom. The summed E-state index contributed by atoms with van der Waals surface area (Å²) in [7, 11) is 3.81. The van der Waals surface area contributed by atoms with E-state index in [4.69, 9.17) is 4.74 Å². The lowest BCUT2D eigenvalue weighted by atomic mass is 10.0. The molecule has 0 aromatic heterocycles. The maximum atomic E-state index is 13.2. The molecule has 0 radical (unpaired) electrons. The van der Waals surface area contributed by atoms with Crippen LogP contribution in [0.3, 0.4) is 0 Å². The molecule has 0 N–H and O–H groups in total. The average Bonchev–Trinajstić information content (AvgIpc) is 2.69. The van der Waals surface area contributed by atoms with Crippen molar-refractivity contribution >= 4 is 5.91 Å². The fraction of sp³-hybridized carbons (Fsp3) is 0.435. The fourth-order valence-corrected chi connectivity index (χ4v) is 3.64. The summed E-state index contributed by atoms with van der Waals surface area (Å²) in [6.45, 7) is 4.87. The van der Waals surface area contributed by atoms with E-state index in [1.165, 1.54) is 11.1 Å². The molecule has 0 aliphatic carbocycles. The van der Waals surface area contributed by atoms with E-state index in [1.54, 1.807) is 7.11 Å². The van der Waals surface area contributed by atoms with Crippen LogP contribution in [-0.4, -0.2) is 49.0 Å². The highest BCUT2D eigenvalue weighted by atomic mass is 16.4. The monoisotopic (exact) mass is 365 g/mol. The molecule has 0 bridgehead atoms. The van der Waals surface area contributed by atoms with Gasteiger partial charge < -0.3 is 14.5 Å². The Balaban J connectivity index is 1.74. The number of hydrogen-bond acceptors (Lipinski definition) is 3. The second-order valence-corrected chi connectivity index (χ2v) is 7.57. The highest BCUT2D eigenvalue weighted by molar-refractivity contribution is 5.79. The van der Waals surface area contributed by atoms with Crippen LogP contribution in [0.25, 0.3) is 0 Å². The zero-order valence-corrected chi connectivity index (χ0v) is 16.6. The Hall–Kier alpha value is -2.33. The number of methoxy groups -OCH3 is 1. The van der Waals surface area contributed by atoms with Crippen LogP contribution in [-0.2, 0) is 17.8 Å². The van der Waals surface area contributed by atoms with Gasteiger partial charge in [0.05, 0.1) is 13.5 Å². The van der Waals surface area contributed by atoms with Gasteiger partial charge >= 0.3 is 0 Å². The summed E-state index contributed by atoms with van der Waals surface area (Å²) in [5.41, 5.74) is 3.47. The molecule has 1 aliphatic rings. The molecule has 0 unspecified atom stereocenters. The van der Waals surface area contributed by atoms with Crippen molar-refractivity contribution in [2.45, 2.75) is 38.8 Å². The highest BCUT2D eigenvalue weighted by Gasteiger charge is 2.27. The first-order valence-electron chi connectivity index (χ1n) is 9.71. The van der Waals surface area contributed by atoms with Gasteiger partial charge in [-0.05, 0) is 63.2 Å². The maximum absolute atomic E-state index is 13.2. The van der Waals surface area contributed by atoms with E-state index in [2.05, 4.69) is 48.0 Å². The van der Waals surface area contributed by atoms with Crippen LogP contribution < -0.4 is 4.74 Å². The van der Waals surface area contributed by atoms with Gasteiger partial charge in [0.2, 0.25) is 5.91 Å². The molecule has 2 aromatic rings. The first-order valence-corrected chi connectivity index (χ1v) is 9.71. The van der Waals surface area contributed by atoms with E-state index in [1.807, 2.05) is 24.3 Å². The SMILES string of the molecule is Cc1ccc(CN(C(=O)Cc2ccc(O[11CH3])cc2)C2CCN(C)CC2)cc1. The van der Waals surface area contributed by atoms with E-state index < -0.39 is 0 Å². The predicted octanol–water partition coefficient (Wildman–Crippen LogP) is 3.67. The van der Waals surface area contributed by atoms with Crippen LogP contribution in [0.2, 0.25) is 0 Å². The summed E-state index contributed by atoms with van der Waals surface area (Å²) in [5.74, 6) is 1.02. The molecule has 1 amide bonds. The number of benzene rings is 2. The van der Waals surface area contributed by atoms with E-state index in [9.17, 15) is 4.79 Å². The molecule has 1 saturated heterocycles. The van der Waals surface area contributed by atoms with Crippen LogP contribution in [0.4, 0.5) is 0 Å². The van der Waals surface area contributed by atoms with Gasteiger partial charge in [0.15, 0.2) is 0 Å². The van der Waals surface area contributed by atoms with E-state index in [-0.39, 0.29) is 5.91 Å². The maximum Gasteiger partial charge on any atom is 0.227 e. The summed E-state index contributed by atoms with van der Waals surface area (Å²) in [6, 6.07) is 16.6. The van der Waals surface area contributed by atoms with Crippen LogP contribution in [0.15, 0.2) is 48.5 Å². The molecular weight excluding hydrogens is 335 g/mol. The lowest BCUT2D eigenvalue weighted by molar-refractivity contribution is -0.134. The topological polar surface area (TPSA) is 32.8 Å². The smallest absolute Gasteiger partial charge is 0.227 e. The van der Waals surface area contributed by atoms with Crippen molar-refractivity contribution in [3.63, 3.8) is 0 Å². The van der Waals surface area contributed by atoms with E-state index >= 15 is 0 Å². The van der Waals surface area contributed by atoms with Crippen molar-refractivity contribution in [1.82, 2.24) is 9.80 Å². The Kier molecular flexibility index (Phi) is 6.51. The van der Waals surface area contributed by atoms with Crippen molar-refractivity contribution < 1.29 is 9.53 Å². The molecule has 0 spiro atoms. The Bertz CT molecular complexity index is 732. The fourth-order valence-electron chi connectivity index (χ4n) is 3.64. The number of nitrogens with zero attached hydrogens (tertiary/aromatic N) is 2. The molecule has 0 saturated carbocycles. The Labute approximate surface area is 162 Å². The normalized spacial score (nSPS) is 15.5. The summed E-state index contributed by atoms with van der Waals surface area (Å²) in [6.07, 6.45) is 2.51. The van der Waals surface area contributed by atoms with Gasteiger partial charge in [0.1, 0.15) is 5.75 Å². The van der Waals surface area contributed by atoms with Crippen molar-refractivity contribution in [2.75, 3.05) is 27.2 Å². The molecule has 4 heteroatoms. The minimum atomic E-state index is 0.204. The average molecular weight is 366 g/mol. The van der Waals surface area contributed by atoms with E-state index in [0.29, 0.717) is 19.0 Å². The molecule has 1 fully saturated rings. The van der Waals surface area contributed by atoms with Gasteiger partial charge in [-0.15, -0.1) is 0 Å². The minimum Gasteiger partial charge on any atom is -0.497 e. The van der Waals surface area contributed by atoms with Crippen molar-refractivity contribution in [1.29, 1.82) is 0 Å². The number of rotatable bonds is 6. The lowest BCUT2D eigenvalue weighted by Crippen LogP contribution is -2.46. The largest absolute Gasteiger partial charge is 0.497 e. The molecule has 1 aliphatic heterocycles. The molecule has 2 aromatic carbocycles. The highest BCUT2D eigenvalue weighted by Crippen LogP contribution is 2.21. The molecule has 144 valence electrons. The van der Waals surface area contributed by atoms with Crippen molar-refractivity contribution in [3.8, 4) is 5.75 Å². The molecule has 4 nitrogen and oxygen atoms in total. The first-order chi connectivity index (χ1) is 13.0.